The summed E-state index contributed by atoms with van der Waals surface area (Å²) in [4.78, 5) is 27.1. The van der Waals surface area contributed by atoms with Crippen LogP contribution in [0.1, 0.15) is 33.6 Å². The Balaban J connectivity index is 1.39. The molecule has 1 fully saturated rings. The molecule has 0 radical (unpaired) electrons. The number of benzene rings is 3. The van der Waals surface area contributed by atoms with Gasteiger partial charge in [0.25, 0.3) is 11.8 Å². The zero-order valence-electron chi connectivity index (χ0n) is 15.8. The highest BCUT2D eigenvalue weighted by atomic mass is 16.3. The van der Waals surface area contributed by atoms with E-state index in [1.165, 1.54) is 18.2 Å². The van der Waals surface area contributed by atoms with Crippen LogP contribution in [0.15, 0.2) is 60.7 Å². The van der Waals surface area contributed by atoms with Crippen molar-refractivity contribution in [3.05, 3.63) is 71.8 Å². The van der Waals surface area contributed by atoms with E-state index in [1.807, 2.05) is 42.5 Å². The number of hydrogen-bond donors (Lipinski definition) is 3. The summed E-state index contributed by atoms with van der Waals surface area (Å²) in [6.45, 7) is 0.992. The van der Waals surface area contributed by atoms with Crippen molar-refractivity contribution in [1.29, 1.82) is 0 Å². The zero-order chi connectivity index (χ0) is 20.4. The third kappa shape index (κ3) is 4.01. The number of nitrogens with zero attached hydrogens (tertiary/aromatic N) is 1. The summed E-state index contributed by atoms with van der Waals surface area (Å²) >= 11 is 0. The number of piperidine rings is 1. The predicted molar refractivity (Wildman–Crippen MR) is 110 cm³/mol. The average Bonchev–Trinajstić information content (AvgIpc) is 2.72. The summed E-state index contributed by atoms with van der Waals surface area (Å²) in [6, 6.07) is 17.3. The number of aromatic hydroxyl groups is 2. The standard InChI is InChI=1S/C23H22N2O4/c26-18-12-16(13-19(27)14-18)23(29)25-10-8-17(9-11-25)24-22(28)21-7-3-5-15-4-1-2-6-20(15)21/h1-7,12-14,17,26-27H,8-11H2,(H,24,28). The molecule has 0 bridgehead atoms. The van der Waals surface area contributed by atoms with Crippen molar-refractivity contribution < 1.29 is 19.8 Å². The molecule has 1 saturated heterocycles. The minimum absolute atomic E-state index is 0.0110. The van der Waals surface area contributed by atoms with E-state index in [1.54, 1.807) is 4.90 Å². The van der Waals surface area contributed by atoms with Crippen LogP contribution < -0.4 is 5.32 Å². The molecule has 6 nitrogen and oxygen atoms in total. The Morgan fingerprint density at radius 3 is 2.28 bits per heavy atom. The number of hydrogen-bond acceptors (Lipinski definition) is 4. The molecule has 3 N–H and O–H groups in total. The van der Waals surface area contributed by atoms with Crippen molar-refractivity contribution in [2.24, 2.45) is 0 Å². The summed E-state index contributed by atoms with van der Waals surface area (Å²) in [5.41, 5.74) is 0.901. The molecule has 1 heterocycles. The number of amides is 2. The zero-order valence-corrected chi connectivity index (χ0v) is 15.8. The Morgan fingerprint density at radius 1 is 0.897 bits per heavy atom. The van der Waals surface area contributed by atoms with Gasteiger partial charge in [-0.1, -0.05) is 36.4 Å². The molecule has 3 aromatic carbocycles. The summed E-state index contributed by atoms with van der Waals surface area (Å²) in [6.07, 6.45) is 1.29. The molecule has 1 aliphatic rings. The van der Waals surface area contributed by atoms with Crippen LogP contribution in [0.2, 0.25) is 0 Å². The van der Waals surface area contributed by atoms with E-state index in [0.29, 0.717) is 31.5 Å². The van der Waals surface area contributed by atoms with Crippen LogP contribution in [0.25, 0.3) is 10.8 Å². The number of phenolic OH excluding ortho intramolecular Hbond substituents is 2. The van der Waals surface area contributed by atoms with E-state index < -0.39 is 0 Å². The Morgan fingerprint density at radius 2 is 1.55 bits per heavy atom. The number of fused-ring (bicyclic) bond motifs is 1. The van der Waals surface area contributed by atoms with E-state index in [0.717, 1.165) is 10.8 Å². The molecule has 0 atom stereocenters. The first-order chi connectivity index (χ1) is 14.0. The molecular formula is C23H22N2O4. The lowest BCUT2D eigenvalue weighted by atomic mass is 10.0. The quantitative estimate of drug-likeness (QED) is 0.640. The molecule has 2 amide bonds. The molecule has 0 saturated carbocycles. The summed E-state index contributed by atoms with van der Waals surface area (Å²) in [5, 5.41) is 24.2. The molecule has 0 unspecified atom stereocenters. The Kier molecular flexibility index (Phi) is 5.08. The summed E-state index contributed by atoms with van der Waals surface area (Å²) in [7, 11) is 0. The Labute approximate surface area is 168 Å². The lowest BCUT2D eigenvalue weighted by molar-refractivity contribution is 0.0697. The number of carbonyl (C=O) groups is 2. The van der Waals surface area contributed by atoms with Gasteiger partial charge in [-0.15, -0.1) is 0 Å². The van der Waals surface area contributed by atoms with Crippen molar-refractivity contribution >= 4 is 22.6 Å². The van der Waals surface area contributed by atoms with Gasteiger partial charge in [-0.25, -0.2) is 0 Å². The number of likely N-dealkylation sites (tertiary alicyclic amines) is 1. The Hall–Kier alpha value is -3.54. The maximum absolute atomic E-state index is 12.8. The first-order valence-corrected chi connectivity index (χ1v) is 9.62. The fourth-order valence-electron chi connectivity index (χ4n) is 3.81. The number of phenols is 2. The van der Waals surface area contributed by atoms with Crippen LogP contribution >= 0.6 is 0 Å². The third-order valence-electron chi connectivity index (χ3n) is 5.30. The van der Waals surface area contributed by atoms with Crippen LogP contribution in [-0.4, -0.2) is 46.1 Å². The van der Waals surface area contributed by atoms with Gasteiger partial charge in [0, 0.05) is 36.3 Å². The fourth-order valence-corrected chi connectivity index (χ4v) is 3.81. The lowest BCUT2D eigenvalue weighted by Gasteiger charge is -2.32. The van der Waals surface area contributed by atoms with Gasteiger partial charge in [-0.2, -0.15) is 0 Å². The van der Waals surface area contributed by atoms with Crippen molar-refractivity contribution in [2.45, 2.75) is 18.9 Å². The molecule has 29 heavy (non-hydrogen) atoms. The molecule has 4 rings (SSSR count). The van der Waals surface area contributed by atoms with Gasteiger partial charge in [-0.3, -0.25) is 9.59 Å². The normalized spacial score (nSPS) is 14.7. The smallest absolute Gasteiger partial charge is 0.254 e. The summed E-state index contributed by atoms with van der Waals surface area (Å²) in [5.74, 6) is -0.643. The second kappa shape index (κ2) is 7.83. The second-order valence-electron chi connectivity index (χ2n) is 7.30. The average molecular weight is 390 g/mol. The SMILES string of the molecule is O=C(NC1CCN(C(=O)c2cc(O)cc(O)c2)CC1)c1cccc2ccccc12. The van der Waals surface area contributed by atoms with Crippen molar-refractivity contribution in [1.82, 2.24) is 10.2 Å². The minimum atomic E-state index is -0.241. The first kappa shape index (κ1) is 18.8. The molecule has 0 aliphatic carbocycles. The molecular weight excluding hydrogens is 368 g/mol. The predicted octanol–water partition coefficient (Wildman–Crippen LogP) is 3.29. The van der Waals surface area contributed by atoms with Gasteiger partial charge in [-0.05, 0) is 41.8 Å². The lowest BCUT2D eigenvalue weighted by Crippen LogP contribution is -2.46. The third-order valence-corrected chi connectivity index (χ3v) is 5.30. The molecule has 148 valence electrons. The largest absolute Gasteiger partial charge is 0.508 e. The summed E-state index contributed by atoms with van der Waals surface area (Å²) < 4.78 is 0. The molecule has 0 aromatic heterocycles. The van der Waals surface area contributed by atoms with Crippen LogP contribution in [0.3, 0.4) is 0 Å². The minimum Gasteiger partial charge on any atom is -0.508 e. The molecule has 0 spiro atoms. The highest BCUT2D eigenvalue weighted by Crippen LogP contribution is 2.23. The maximum Gasteiger partial charge on any atom is 0.254 e. The van der Waals surface area contributed by atoms with Gasteiger partial charge in [0.15, 0.2) is 0 Å². The first-order valence-electron chi connectivity index (χ1n) is 9.62. The van der Waals surface area contributed by atoms with Gasteiger partial charge in [0.2, 0.25) is 0 Å². The molecule has 3 aromatic rings. The van der Waals surface area contributed by atoms with Crippen LogP contribution in [-0.2, 0) is 0 Å². The maximum atomic E-state index is 12.8. The molecule has 1 aliphatic heterocycles. The van der Waals surface area contributed by atoms with Gasteiger partial charge in [0.05, 0.1) is 0 Å². The van der Waals surface area contributed by atoms with E-state index in [4.69, 9.17) is 0 Å². The molecule has 6 heteroatoms. The topological polar surface area (TPSA) is 89.9 Å². The van der Waals surface area contributed by atoms with Gasteiger partial charge < -0.3 is 20.4 Å². The highest BCUT2D eigenvalue weighted by molar-refractivity contribution is 6.07. The van der Waals surface area contributed by atoms with Crippen LogP contribution in [0, 0.1) is 0 Å². The van der Waals surface area contributed by atoms with Crippen molar-refractivity contribution in [3.8, 4) is 11.5 Å². The number of rotatable bonds is 3. The van der Waals surface area contributed by atoms with E-state index in [-0.39, 0.29) is 34.9 Å². The van der Waals surface area contributed by atoms with E-state index in [9.17, 15) is 19.8 Å². The number of nitrogens with one attached hydrogen (secondary N) is 1. The van der Waals surface area contributed by atoms with Crippen LogP contribution in [0.5, 0.6) is 11.5 Å². The fraction of sp³-hybridized carbons (Fsp3) is 0.217. The van der Waals surface area contributed by atoms with Crippen LogP contribution in [0.4, 0.5) is 0 Å². The number of carbonyl (C=O) groups excluding carboxylic acids is 2. The van der Waals surface area contributed by atoms with Crippen molar-refractivity contribution in [2.75, 3.05) is 13.1 Å². The van der Waals surface area contributed by atoms with Crippen molar-refractivity contribution in [3.63, 3.8) is 0 Å². The van der Waals surface area contributed by atoms with Gasteiger partial charge >= 0.3 is 0 Å². The Bertz CT molecular complexity index is 1050. The van der Waals surface area contributed by atoms with E-state index >= 15 is 0 Å². The highest BCUT2D eigenvalue weighted by Gasteiger charge is 2.25. The second-order valence-corrected chi connectivity index (χ2v) is 7.30. The van der Waals surface area contributed by atoms with E-state index in [2.05, 4.69) is 5.32 Å². The van der Waals surface area contributed by atoms with Gasteiger partial charge in [0.1, 0.15) is 11.5 Å². The monoisotopic (exact) mass is 390 g/mol.